The van der Waals surface area contributed by atoms with Gasteiger partial charge in [0.25, 0.3) is 0 Å². The van der Waals surface area contributed by atoms with Crippen LogP contribution in [0.1, 0.15) is 67.7 Å². The number of nitrogens with one attached hydrogen (secondary N) is 2. The van der Waals surface area contributed by atoms with E-state index in [9.17, 15) is 19.2 Å². The lowest BCUT2D eigenvalue weighted by Gasteiger charge is -2.33. The molecule has 0 aromatic rings. The Bertz CT molecular complexity index is 585. The molecule has 0 saturated heterocycles. The van der Waals surface area contributed by atoms with E-state index in [-0.39, 0.29) is 36.0 Å². The molecule has 0 aliphatic heterocycles. The topological polar surface area (TPSA) is 122 Å². The molecular weight excluding hydrogens is 360 g/mol. The summed E-state index contributed by atoms with van der Waals surface area (Å²) in [6, 6.07) is 0. The summed E-state index contributed by atoms with van der Waals surface area (Å²) in [6.07, 6.45) is 1.21. The Morgan fingerprint density at radius 3 is 2.00 bits per heavy atom. The van der Waals surface area contributed by atoms with Crippen molar-refractivity contribution in [2.24, 2.45) is 17.6 Å². The summed E-state index contributed by atoms with van der Waals surface area (Å²) in [5.41, 5.74) is 3.29. The number of rotatable bonds is 11. The second-order valence-electron chi connectivity index (χ2n) is 9.00. The molecule has 8 nitrogen and oxygen atoms in total. The summed E-state index contributed by atoms with van der Waals surface area (Å²) in [5.74, 6) is -0.939. The van der Waals surface area contributed by atoms with Gasteiger partial charge < -0.3 is 21.3 Å². The van der Waals surface area contributed by atoms with Crippen LogP contribution in [0.5, 0.6) is 0 Å². The van der Waals surface area contributed by atoms with Crippen molar-refractivity contribution in [3.05, 3.63) is 0 Å². The first kappa shape index (κ1) is 25.9. The molecule has 0 aromatic carbocycles. The Labute approximate surface area is 169 Å². The van der Waals surface area contributed by atoms with E-state index in [1.54, 1.807) is 34.7 Å². The Balaban J connectivity index is 4.48. The SMILES string of the molecule is CC(C)CC(=O)NC(C)(C)C(=O)NCC[C@H](C)CC(=O)N(C)C(C)(C)C(N)=O. The van der Waals surface area contributed by atoms with Gasteiger partial charge in [-0.1, -0.05) is 20.8 Å². The molecule has 0 unspecified atom stereocenters. The molecule has 0 saturated carbocycles. The van der Waals surface area contributed by atoms with Crippen LogP contribution >= 0.6 is 0 Å². The van der Waals surface area contributed by atoms with Gasteiger partial charge in [-0.25, -0.2) is 0 Å². The Morgan fingerprint density at radius 1 is 1.00 bits per heavy atom. The summed E-state index contributed by atoms with van der Waals surface area (Å²) >= 11 is 0. The minimum absolute atomic E-state index is 0.0116. The Kier molecular flexibility index (Phi) is 9.64. The van der Waals surface area contributed by atoms with Crippen molar-refractivity contribution in [1.82, 2.24) is 15.5 Å². The normalized spacial score (nSPS) is 13.0. The van der Waals surface area contributed by atoms with E-state index in [1.807, 2.05) is 20.8 Å². The third-order valence-corrected chi connectivity index (χ3v) is 4.87. The lowest BCUT2D eigenvalue weighted by atomic mass is 9.98. The van der Waals surface area contributed by atoms with Crippen molar-refractivity contribution < 1.29 is 19.2 Å². The van der Waals surface area contributed by atoms with Gasteiger partial charge in [-0.2, -0.15) is 0 Å². The molecule has 0 aromatic heterocycles. The highest BCUT2D eigenvalue weighted by Gasteiger charge is 2.33. The molecule has 0 fully saturated rings. The Hall–Kier alpha value is -2.12. The lowest BCUT2D eigenvalue weighted by Crippen LogP contribution is -2.55. The summed E-state index contributed by atoms with van der Waals surface area (Å²) in [5, 5.41) is 5.56. The quantitative estimate of drug-likeness (QED) is 0.484. The van der Waals surface area contributed by atoms with Crippen molar-refractivity contribution in [1.29, 1.82) is 0 Å². The minimum Gasteiger partial charge on any atom is -0.368 e. The molecule has 0 aliphatic carbocycles. The smallest absolute Gasteiger partial charge is 0.245 e. The zero-order valence-electron chi connectivity index (χ0n) is 18.6. The first-order valence-corrected chi connectivity index (χ1v) is 9.77. The first-order chi connectivity index (χ1) is 12.6. The van der Waals surface area contributed by atoms with Gasteiger partial charge in [-0.3, -0.25) is 19.2 Å². The van der Waals surface area contributed by atoms with Crippen molar-refractivity contribution in [2.45, 2.75) is 78.8 Å². The predicted molar refractivity (Wildman–Crippen MR) is 109 cm³/mol. The third-order valence-electron chi connectivity index (χ3n) is 4.87. The van der Waals surface area contributed by atoms with Crippen molar-refractivity contribution in [3.8, 4) is 0 Å². The average Bonchev–Trinajstić information content (AvgIpc) is 2.51. The standard InChI is InChI=1S/C20H38N4O4/c1-13(2)11-15(25)23-19(4,5)18(28)22-10-9-14(3)12-16(26)24(8)20(6,7)17(21)27/h13-14H,9-12H2,1-8H3,(H2,21,27)(H,22,28)(H,23,25)/t14-/m0/s1. The van der Waals surface area contributed by atoms with Crippen LogP contribution in [0.2, 0.25) is 0 Å². The van der Waals surface area contributed by atoms with Gasteiger partial charge in [-0.15, -0.1) is 0 Å². The van der Waals surface area contributed by atoms with Crippen molar-refractivity contribution in [2.75, 3.05) is 13.6 Å². The van der Waals surface area contributed by atoms with Crippen LogP contribution in [0.15, 0.2) is 0 Å². The van der Waals surface area contributed by atoms with E-state index in [0.29, 0.717) is 19.4 Å². The van der Waals surface area contributed by atoms with Crippen LogP contribution in [0.3, 0.4) is 0 Å². The molecule has 0 radical (unpaired) electrons. The zero-order chi connectivity index (χ0) is 22.3. The monoisotopic (exact) mass is 398 g/mol. The second kappa shape index (κ2) is 10.4. The summed E-state index contributed by atoms with van der Waals surface area (Å²) < 4.78 is 0. The van der Waals surface area contributed by atoms with E-state index in [1.165, 1.54) is 4.90 Å². The van der Waals surface area contributed by atoms with Crippen LogP contribution < -0.4 is 16.4 Å². The molecule has 1 atom stereocenters. The number of primary amides is 1. The number of nitrogens with zero attached hydrogens (tertiary/aromatic N) is 1. The number of likely N-dealkylation sites (N-methyl/N-ethyl adjacent to an activating group) is 1. The number of nitrogens with two attached hydrogens (primary N) is 1. The first-order valence-electron chi connectivity index (χ1n) is 9.77. The highest BCUT2D eigenvalue weighted by molar-refractivity contribution is 5.91. The maximum absolute atomic E-state index is 12.4. The number of hydrogen-bond donors (Lipinski definition) is 3. The van der Waals surface area contributed by atoms with Crippen molar-refractivity contribution >= 4 is 23.6 Å². The van der Waals surface area contributed by atoms with E-state index in [4.69, 9.17) is 5.73 Å². The summed E-state index contributed by atoms with van der Waals surface area (Å²) in [4.78, 5) is 49.4. The number of carbonyl (C=O) groups is 4. The van der Waals surface area contributed by atoms with Crippen LogP contribution in [0.4, 0.5) is 0 Å². The van der Waals surface area contributed by atoms with Gasteiger partial charge in [0.15, 0.2) is 0 Å². The lowest BCUT2D eigenvalue weighted by molar-refractivity contribution is -0.143. The molecule has 162 valence electrons. The predicted octanol–water partition coefficient (Wildman–Crippen LogP) is 1.18. The molecule has 4 amide bonds. The number of carbonyl (C=O) groups excluding carboxylic acids is 4. The minimum atomic E-state index is -1.05. The van der Waals surface area contributed by atoms with Gasteiger partial charge in [-0.05, 0) is 46.0 Å². The highest BCUT2D eigenvalue weighted by atomic mass is 16.2. The third kappa shape index (κ3) is 8.27. The average molecular weight is 399 g/mol. The van der Waals surface area contributed by atoms with Crippen LogP contribution in [0.25, 0.3) is 0 Å². The zero-order valence-corrected chi connectivity index (χ0v) is 18.6. The van der Waals surface area contributed by atoms with Crippen LogP contribution in [-0.4, -0.2) is 53.2 Å². The van der Waals surface area contributed by atoms with E-state index in [2.05, 4.69) is 10.6 Å². The van der Waals surface area contributed by atoms with Gasteiger partial charge in [0.05, 0.1) is 0 Å². The number of amides is 4. The summed E-state index contributed by atoms with van der Waals surface area (Å²) in [6.45, 7) is 12.7. The molecule has 8 heteroatoms. The molecule has 0 rings (SSSR count). The van der Waals surface area contributed by atoms with Gasteiger partial charge in [0.2, 0.25) is 23.6 Å². The summed E-state index contributed by atoms with van der Waals surface area (Å²) in [7, 11) is 1.56. The van der Waals surface area contributed by atoms with Gasteiger partial charge in [0, 0.05) is 26.4 Å². The largest absolute Gasteiger partial charge is 0.368 e. The molecule has 4 N–H and O–H groups in total. The maximum Gasteiger partial charge on any atom is 0.245 e. The van der Waals surface area contributed by atoms with Crippen LogP contribution in [-0.2, 0) is 19.2 Å². The Morgan fingerprint density at radius 2 is 1.54 bits per heavy atom. The fourth-order valence-electron chi connectivity index (χ4n) is 2.49. The molecule has 0 heterocycles. The fourth-order valence-corrected chi connectivity index (χ4v) is 2.49. The van der Waals surface area contributed by atoms with Crippen molar-refractivity contribution in [3.63, 3.8) is 0 Å². The highest BCUT2D eigenvalue weighted by Crippen LogP contribution is 2.16. The second-order valence-corrected chi connectivity index (χ2v) is 9.00. The van der Waals surface area contributed by atoms with Crippen LogP contribution in [0, 0.1) is 11.8 Å². The molecule has 0 bridgehead atoms. The van der Waals surface area contributed by atoms with Gasteiger partial charge in [0.1, 0.15) is 11.1 Å². The molecule has 0 aliphatic rings. The maximum atomic E-state index is 12.4. The molecular formula is C20H38N4O4. The van der Waals surface area contributed by atoms with Gasteiger partial charge >= 0.3 is 0 Å². The van der Waals surface area contributed by atoms with E-state index in [0.717, 1.165) is 0 Å². The molecule has 28 heavy (non-hydrogen) atoms. The van der Waals surface area contributed by atoms with E-state index < -0.39 is 17.0 Å². The number of hydrogen-bond acceptors (Lipinski definition) is 4. The van der Waals surface area contributed by atoms with E-state index >= 15 is 0 Å². The fraction of sp³-hybridized carbons (Fsp3) is 0.800. The molecule has 0 spiro atoms.